The van der Waals surface area contributed by atoms with Crippen molar-refractivity contribution in [2.24, 2.45) is 5.73 Å². The summed E-state index contributed by atoms with van der Waals surface area (Å²) in [6.07, 6.45) is 3.70. The summed E-state index contributed by atoms with van der Waals surface area (Å²) in [5.74, 6) is -0.157. The lowest BCUT2D eigenvalue weighted by molar-refractivity contribution is -0.120. The molecule has 22 heavy (non-hydrogen) atoms. The van der Waals surface area contributed by atoms with E-state index in [9.17, 15) is 4.79 Å². The summed E-state index contributed by atoms with van der Waals surface area (Å²) in [6, 6.07) is 6.90. The Bertz CT molecular complexity index is 530. The van der Waals surface area contributed by atoms with Crippen LogP contribution in [0.1, 0.15) is 44.7 Å². The number of anilines is 1. The normalized spacial score (nSPS) is 15.2. The van der Waals surface area contributed by atoms with Crippen LogP contribution in [0, 0.1) is 6.92 Å². The van der Waals surface area contributed by atoms with E-state index in [1.165, 1.54) is 24.0 Å². The minimum Gasteiger partial charge on any atom is -0.325 e. The summed E-state index contributed by atoms with van der Waals surface area (Å²) in [4.78, 5) is 14.5. The molecule has 1 aliphatic rings. The number of nitrogens with two attached hydrogens (primary N) is 1. The van der Waals surface area contributed by atoms with Crippen LogP contribution in [0.2, 0.25) is 0 Å². The zero-order valence-corrected chi connectivity index (χ0v) is 14.3. The zero-order chi connectivity index (χ0) is 16.3. The fraction of sp³-hybridized carbons (Fsp3) is 0.611. The maximum atomic E-state index is 12.0. The van der Waals surface area contributed by atoms with E-state index in [1.54, 1.807) is 13.8 Å². The highest BCUT2D eigenvalue weighted by Gasteiger charge is 2.27. The molecular formula is C18H29N3O. The van der Waals surface area contributed by atoms with E-state index in [0.717, 1.165) is 31.2 Å². The van der Waals surface area contributed by atoms with E-state index in [4.69, 9.17) is 5.73 Å². The number of amides is 1. The van der Waals surface area contributed by atoms with Crippen molar-refractivity contribution in [2.75, 3.05) is 18.4 Å². The van der Waals surface area contributed by atoms with Gasteiger partial charge in [-0.15, -0.1) is 0 Å². The minimum atomic E-state index is -0.865. The minimum absolute atomic E-state index is 0.157. The van der Waals surface area contributed by atoms with Crippen LogP contribution in [0.5, 0.6) is 0 Å². The molecular weight excluding hydrogens is 274 g/mol. The van der Waals surface area contributed by atoms with Gasteiger partial charge in [0.15, 0.2) is 0 Å². The second-order valence-corrected chi connectivity index (χ2v) is 6.93. The van der Waals surface area contributed by atoms with Crippen LogP contribution in [0.25, 0.3) is 0 Å². The third-order valence-corrected chi connectivity index (χ3v) is 4.33. The fourth-order valence-corrected chi connectivity index (χ4v) is 2.61. The highest BCUT2D eigenvalue weighted by atomic mass is 16.2. The summed E-state index contributed by atoms with van der Waals surface area (Å²) < 4.78 is 0. The van der Waals surface area contributed by atoms with Crippen LogP contribution >= 0.6 is 0 Å². The summed E-state index contributed by atoms with van der Waals surface area (Å²) in [5.41, 5.74) is 8.37. The maximum absolute atomic E-state index is 12.0. The first-order valence-electron chi connectivity index (χ1n) is 8.25. The standard InChI is InChI=1S/C18H29N3O/c1-5-21(16-8-9-16)11-10-14-12-15(7-6-13(14)2)20-17(22)18(3,4)19/h6-7,12,16H,5,8-11,19H2,1-4H3,(H,20,22). The highest BCUT2D eigenvalue weighted by Crippen LogP contribution is 2.27. The molecule has 0 radical (unpaired) electrons. The lowest BCUT2D eigenvalue weighted by Gasteiger charge is -2.21. The third-order valence-electron chi connectivity index (χ3n) is 4.33. The van der Waals surface area contributed by atoms with Crippen molar-refractivity contribution in [1.29, 1.82) is 0 Å². The number of rotatable bonds is 7. The number of nitrogens with zero attached hydrogens (tertiary/aromatic N) is 1. The largest absolute Gasteiger partial charge is 0.325 e. The molecule has 1 aromatic rings. The van der Waals surface area contributed by atoms with Crippen molar-refractivity contribution < 1.29 is 4.79 Å². The molecule has 1 amide bonds. The van der Waals surface area contributed by atoms with Gasteiger partial charge in [-0.1, -0.05) is 13.0 Å². The lowest BCUT2D eigenvalue weighted by Crippen LogP contribution is -2.45. The van der Waals surface area contributed by atoms with Crippen LogP contribution in [0.3, 0.4) is 0 Å². The van der Waals surface area contributed by atoms with Gasteiger partial charge in [0.2, 0.25) is 5.91 Å². The van der Waals surface area contributed by atoms with Gasteiger partial charge in [0.25, 0.3) is 0 Å². The van der Waals surface area contributed by atoms with E-state index in [2.05, 4.69) is 36.2 Å². The quantitative estimate of drug-likeness (QED) is 0.814. The third kappa shape index (κ3) is 4.55. The number of carbonyl (C=O) groups excluding carboxylic acids is 1. The topological polar surface area (TPSA) is 58.4 Å². The Morgan fingerprint density at radius 1 is 1.41 bits per heavy atom. The average Bonchev–Trinajstić information content (AvgIpc) is 3.26. The van der Waals surface area contributed by atoms with Crippen molar-refractivity contribution in [3.05, 3.63) is 29.3 Å². The van der Waals surface area contributed by atoms with Gasteiger partial charge in [0.1, 0.15) is 0 Å². The molecule has 0 spiro atoms. The van der Waals surface area contributed by atoms with E-state index >= 15 is 0 Å². The number of hydrogen-bond acceptors (Lipinski definition) is 3. The second-order valence-electron chi connectivity index (χ2n) is 6.93. The SMILES string of the molecule is CCN(CCc1cc(NC(=O)C(C)(C)N)ccc1C)C1CC1. The number of nitrogens with one attached hydrogen (secondary N) is 1. The van der Waals surface area contributed by atoms with Gasteiger partial charge >= 0.3 is 0 Å². The Labute approximate surface area is 134 Å². The van der Waals surface area contributed by atoms with E-state index in [1.807, 2.05) is 6.07 Å². The molecule has 3 N–H and O–H groups in total. The van der Waals surface area contributed by atoms with Gasteiger partial charge in [0, 0.05) is 18.3 Å². The predicted octanol–water partition coefficient (Wildman–Crippen LogP) is 2.70. The van der Waals surface area contributed by atoms with Gasteiger partial charge < -0.3 is 16.0 Å². The molecule has 1 aliphatic carbocycles. The number of carbonyl (C=O) groups is 1. The van der Waals surface area contributed by atoms with E-state index in [0.29, 0.717) is 0 Å². The molecule has 1 fully saturated rings. The van der Waals surface area contributed by atoms with Crippen LogP contribution in [-0.2, 0) is 11.2 Å². The fourth-order valence-electron chi connectivity index (χ4n) is 2.61. The first kappa shape index (κ1) is 17.0. The monoisotopic (exact) mass is 303 g/mol. The second kappa shape index (κ2) is 6.80. The number of hydrogen-bond donors (Lipinski definition) is 2. The Morgan fingerprint density at radius 3 is 2.64 bits per heavy atom. The first-order valence-corrected chi connectivity index (χ1v) is 8.25. The first-order chi connectivity index (χ1) is 10.3. The molecule has 122 valence electrons. The molecule has 0 unspecified atom stereocenters. The summed E-state index contributed by atoms with van der Waals surface area (Å²) in [7, 11) is 0. The molecule has 0 aliphatic heterocycles. The van der Waals surface area contributed by atoms with Gasteiger partial charge in [-0.2, -0.15) is 0 Å². The van der Waals surface area contributed by atoms with Crippen molar-refractivity contribution in [1.82, 2.24) is 4.90 Å². The van der Waals surface area contributed by atoms with Crippen molar-refractivity contribution in [2.45, 2.75) is 58.5 Å². The Kier molecular flexibility index (Phi) is 5.24. The van der Waals surface area contributed by atoms with Crippen LogP contribution < -0.4 is 11.1 Å². The van der Waals surface area contributed by atoms with Crippen LogP contribution in [-0.4, -0.2) is 35.5 Å². The predicted molar refractivity (Wildman–Crippen MR) is 92.0 cm³/mol. The smallest absolute Gasteiger partial charge is 0.243 e. The molecule has 0 aromatic heterocycles. The Morgan fingerprint density at radius 2 is 2.09 bits per heavy atom. The lowest BCUT2D eigenvalue weighted by atomic mass is 10.0. The molecule has 0 atom stereocenters. The maximum Gasteiger partial charge on any atom is 0.243 e. The van der Waals surface area contributed by atoms with Crippen LogP contribution in [0.4, 0.5) is 5.69 Å². The molecule has 4 nitrogen and oxygen atoms in total. The van der Waals surface area contributed by atoms with Crippen LogP contribution in [0.15, 0.2) is 18.2 Å². The molecule has 1 aromatic carbocycles. The van der Waals surface area contributed by atoms with E-state index in [-0.39, 0.29) is 5.91 Å². The van der Waals surface area contributed by atoms with Crippen molar-refractivity contribution in [3.63, 3.8) is 0 Å². The van der Waals surface area contributed by atoms with Gasteiger partial charge in [-0.3, -0.25) is 4.79 Å². The summed E-state index contributed by atoms with van der Waals surface area (Å²) in [5, 5.41) is 2.91. The summed E-state index contributed by atoms with van der Waals surface area (Å²) >= 11 is 0. The Hall–Kier alpha value is -1.39. The number of aryl methyl sites for hydroxylation is 1. The zero-order valence-electron chi connectivity index (χ0n) is 14.3. The van der Waals surface area contributed by atoms with E-state index < -0.39 is 5.54 Å². The Balaban J connectivity index is 2.01. The number of benzene rings is 1. The van der Waals surface area contributed by atoms with Gasteiger partial charge in [-0.25, -0.2) is 0 Å². The molecule has 2 rings (SSSR count). The highest BCUT2D eigenvalue weighted by molar-refractivity contribution is 5.97. The molecule has 4 heteroatoms. The van der Waals surface area contributed by atoms with Crippen molar-refractivity contribution >= 4 is 11.6 Å². The van der Waals surface area contributed by atoms with Gasteiger partial charge in [-0.05, 0) is 69.8 Å². The molecule has 0 heterocycles. The summed E-state index contributed by atoms with van der Waals surface area (Å²) in [6.45, 7) is 9.98. The number of likely N-dealkylation sites (N-methyl/N-ethyl adjacent to an activating group) is 1. The van der Waals surface area contributed by atoms with Gasteiger partial charge in [0.05, 0.1) is 5.54 Å². The molecule has 1 saturated carbocycles. The molecule has 0 saturated heterocycles. The average molecular weight is 303 g/mol. The molecule has 0 bridgehead atoms. The van der Waals surface area contributed by atoms with Crippen molar-refractivity contribution in [3.8, 4) is 0 Å².